The molecule has 2 aliphatic rings. The molecule has 2 rings (SSSR count). The lowest BCUT2D eigenvalue weighted by atomic mass is 9.84. The Hall–Kier alpha value is -0.790. The van der Waals surface area contributed by atoms with Crippen LogP contribution in [0.1, 0.15) is 52.4 Å². The summed E-state index contributed by atoms with van der Waals surface area (Å²) in [5.74, 6) is 1.22. The maximum atomic E-state index is 10.8. The molecule has 0 aromatic heterocycles. The molecule has 0 aromatic rings. The average molecular weight is 222 g/mol. The number of hydrogen-bond acceptors (Lipinski definition) is 1. The van der Waals surface area contributed by atoms with Crippen molar-refractivity contribution in [2.45, 2.75) is 52.4 Å². The van der Waals surface area contributed by atoms with Crippen LogP contribution in [0.5, 0.6) is 0 Å². The summed E-state index contributed by atoms with van der Waals surface area (Å²) in [6.07, 6.45) is 6.24. The molecular formula is C14H22O2. The molecule has 1 N–H and O–H groups in total. The molecule has 0 saturated heterocycles. The van der Waals surface area contributed by atoms with Crippen LogP contribution >= 0.6 is 0 Å². The molecule has 0 aromatic carbocycles. The van der Waals surface area contributed by atoms with Crippen LogP contribution in [0, 0.1) is 17.8 Å². The van der Waals surface area contributed by atoms with Gasteiger partial charge in [-0.1, -0.05) is 18.1 Å². The minimum atomic E-state index is -0.628. The van der Waals surface area contributed by atoms with Crippen molar-refractivity contribution in [3.05, 3.63) is 11.1 Å². The molecule has 1 fully saturated rings. The van der Waals surface area contributed by atoms with Crippen molar-refractivity contribution in [1.29, 1.82) is 0 Å². The molecule has 90 valence electrons. The van der Waals surface area contributed by atoms with Gasteiger partial charge in [-0.25, -0.2) is 0 Å². The quantitative estimate of drug-likeness (QED) is 0.724. The minimum Gasteiger partial charge on any atom is -0.481 e. The molecule has 2 aliphatic carbocycles. The van der Waals surface area contributed by atoms with Gasteiger partial charge in [-0.05, 0) is 56.8 Å². The number of rotatable bonds is 2. The fourth-order valence-corrected chi connectivity index (χ4v) is 3.51. The lowest BCUT2D eigenvalue weighted by Crippen LogP contribution is -2.14. The predicted octanol–water partition coefficient (Wildman–Crippen LogP) is 3.62. The van der Waals surface area contributed by atoms with E-state index in [1.807, 2.05) is 0 Å². The highest BCUT2D eigenvalue weighted by atomic mass is 16.4. The van der Waals surface area contributed by atoms with Gasteiger partial charge in [0.15, 0.2) is 0 Å². The van der Waals surface area contributed by atoms with Gasteiger partial charge in [0.25, 0.3) is 0 Å². The summed E-state index contributed by atoms with van der Waals surface area (Å²) < 4.78 is 0. The van der Waals surface area contributed by atoms with Gasteiger partial charge in [0.2, 0.25) is 0 Å². The van der Waals surface area contributed by atoms with Crippen molar-refractivity contribution >= 4 is 5.97 Å². The molecule has 0 bridgehead atoms. The van der Waals surface area contributed by atoms with E-state index >= 15 is 0 Å². The smallest absolute Gasteiger partial charge is 0.303 e. The second kappa shape index (κ2) is 4.60. The number of aliphatic carboxylic acids is 1. The Morgan fingerprint density at radius 2 is 2.12 bits per heavy atom. The zero-order valence-electron chi connectivity index (χ0n) is 10.3. The molecule has 0 spiro atoms. The van der Waals surface area contributed by atoms with Gasteiger partial charge in [0, 0.05) is 6.42 Å². The SMILES string of the molecule is CC1=C2CCC(C)C2C[C@H](CC(=O)O)CC1. The standard InChI is InChI=1S/C14H22O2/c1-9-3-5-11(8-14(15)16)7-13-10(2)4-6-12(9)13/h10-11,13H,3-8H2,1-2H3,(H,15,16)/t10?,11-,13?/m1/s1. The highest BCUT2D eigenvalue weighted by Gasteiger charge is 2.33. The van der Waals surface area contributed by atoms with Crippen LogP contribution in [0.15, 0.2) is 11.1 Å². The molecule has 0 heterocycles. The number of fused-ring (bicyclic) bond motifs is 1. The largest absolute Gasteiger partial charge is 0.481 e. The summed E-state index contributed by atoms with van der Waals surface area (Å²) in [5.41, 5.74) is 3.22. The van der Waals surface area contributed by atoms with Crippen LogP contribution in [0.3, 0.4) is 0 Å². The monoisotopic (exact) mass is 222 g/mol. The van der Waals surface area contributed by atoms with E-state index in [0.29, 0.717) is 18.3 Å². The van der Waals surface area contributed by atoms with Gasteiger partial charge in [-0.15, -0.1) is 0 Å². The van der Waals surface area contributed by atoms with Gasteiger partial charge in [0.1, 0.15) is 0 Å². The highest BCUT2D eigenvalue weighted by molar-refractivity contribution is 5.67. The third-order valence-electron chi connectivity index (χ3n) is 4.53. The third-order valence-corrected chi connectivity index (χ3v) is 4.53. The average Bonchev–Trinajstić information content (AvgIpc) is 2.48. The van der Waals surface area contributed by atoms with Crippen LogP contribution in [0.25, 0.3) is 0 Å². The first-order valence-corrected chi connectivity index (χ1v) is 6.48. The Morgan fingerprint density at radius 3 is 2.81 bits per heavy atom. The van der Waals surface area contributed by atoms with Crippen molar-refractivity contribution in [3.8, 4) is 0 Å². The molecule has 1 saturated carbocycles. The predicted molar refractivity (Wildman–Crippen MR) is 64.2 cm³/mol. The first-order valence-electron chi connectivity index (χ1n) is 6.48. The second-order valence-electron chi connectivity index (χ2n) is 5.67. The lowest BCUT2D eigenvalue weighted by Gasteiger charge is -2.20. The molecule has 16 heavy (non-hydrogen) atoms. The molecule has 0 radical (unpaired) electrons. The van der Waals surface area contributed by atoms with Gasteiger partial charge < -0.3 is 5.11 Å². The Labute approximate surface area is 97.7 Å². The maximum absolute atomic E-state index is 10.8. The minimum absolute atomic E-state index is 0.365. The molecule has 2 unspecified atom stereocenters. The van der Waals surface area contributed by atoms with Crippen molar-refractivity contribution in [1.82, 2.24) is 0 Å². The zero-order valence-corrected chi connectivity index (χ0v) is 10.3. The van der Waals surface area contributed by atoms with Gasteiger partial charge in [-0.3, -0.25) is 4.79 Å². The third kappa shape index (κ3) is 2.31. The molecule has 0 amide bonds. The summed E-state index contributed by atoms with van der Waals surface area (Å²) in [6, 6.07) is 0. The van der Waals surface area contributed by atoms with E-state index in [0.717, 1.165) is 25.2 Å². The molecular weight excluding hydrogens is 200 g/mol. The summed E-state index contributed by atoms with van der Waals surface area (Å²) in [4.78, 5) is 10.8. The van der Waals surface area contributed by atoms with Gasteiger partial charge in [0.05, 0.1) is 0 Å². The van der Waals surface area contributed by atoms with Crippen LogP contribution in [-0.2, 0) is 4.79 Å². The Bertz CT molecular complexity index is 317. The molecule has 3 atom stereocenters. The topological polar surface area (TPSA) is 37.3 Å². The van der Waals surface area contributed by atoms with E-state index < -0.39 is 5.97 Å². The Balaban J connectivity index is 2.11. The zero-order chi connectivity index (χ0) is 11.7. The van der Waals surface area contributed by atoms with E-state index in [4.69, 9.17) is 5.11 Å². The molecule has 0 aliphatic heterocycles. The number of carboxylic acid groups (broad SMARTS) is 1. The Kier molecular flexibility index (Phi) is 3.36. The Morgan fingerprint density at radius 1 is 1.38 bits per heavy atom. The fourth-order valence-electron chi connectivity index (χ4n) is 3.51. The van der Waals surface area contributed by atoms with Crippen molar-refractivity contribution < 1.29 is 9.90 Å². The fraction of sp³-hybridized carbons (Fsp3) is 0.786. The molecule has 2 heteroatoms. The second-order valence-corrected chi connectivity index (χ2v) is 5.67. The van der Waals surface area contributed by atoms with Crippen LogP contribution in [0.4, 0.5) is 0 Å². The lowest BCUT2D eigenvalue weighted by molar-refractivity contribution is -0.138. The maximum Gasteiger partial charge on any atom is 0.303 e. The number of hydrogen-bond donors (Lipinski definition) is 1. The normalized spacial score (nSPS) is 34.8. The van der Waals surface area contributed by atoms with E-state index in [2.05, 4.69) is 13.8 Å². The van der Waals surface area contributed by atoms with E-state index in [1.54, 1.807) is 11.1 Å². The number of carbonyl (C=O) groups is 1. The first kappa shape index (κ1) is 11.7. The highest BCUT2D eigenvalue weighted by Crippen LogP contribution is 2.45. The number of allylic oxidation sites excluding steroid dienone is 2. The van der Waals surface area contributed by atoms with Crippen LogP contribution in [0.2, 0.25) is 0 Å². The van der Waals surface area contributed by atoms with Crippen LogP contribution in [-0.4, -0.2) is 11.1 Å². The summed E-state index contributed by atoms with van der Waals surface area (Å²) >= 11 is 0. The van der Waals surface area contributed by atoms with Crippen molar-refractivity contribution in [2.24, 2.45) is 17.8 Å². The summed E-state index contributed by atoms with van der Waals surface area (Å²) in [7, 11) is 0. The van der Waals surface area contributed by atoms with Crippen molar-refractivity contribution in [3.63, 3.8) is 0 Å². The van der Waals surface area contributed by atoms with E-state index in [-0.39, 0.29) is 0 Å². The summed E-state index contributed by atoms with van der Waals surface area (Å²) in [5, 5.41) is 8.92. The van der Waals surface area contributed by atoms with Gasteiger partial charge >= 0.3 is 5.97 Å². The van der Waals surface area contributed by atoms with Crippen LogP contribution < -0.4 is 0 Å². The number of carboxylic acids is 1. The summed E-state index contributed by atoms with van der Waals surface area (Å²) in [6.45, 7) is 4.58. The first-order chi connectivity index (χ1) is 7.58. The van der Waals surface area contributed by atoms with Gasteiger partial charge in [-0.2, -0.15) is 0 Å². The molecule has 2 nitrogen and oxygen atoms in total. The van der Waals surface area contributed by atoms with Crippen molar-refractivity contribution in [2.75, 3.05) is 0 Å². The van der Waals surface area contributed by atoms with E-state index in [1.165, 1.54) is 12.8 Å². The van der Waals surface area contributed by atoms with E-state index in [9.17, 15) is 4.79 Å².